The van der Waals surface area contributed by atoms with Crippen LogP contribution < -0.4 is 0 Å². The summed E-state index contributed by atoms with van der Waals surface area (Å²) >= 11 is 0. The zero-order chi connectivity index (χ0) is 13.2. The highest BCUT2D eigenvalue weighted by molar-refractivity contribution is 5.87. The molecule has 0 amide bonds. The van der Waals surface area contributed by atoms with Gasteiger partial charge in [-0.3, -0.25) is 4.90 Å². The molecule has 1 aliphatic heterocycles. The Morgan fingerprint density at radius 2 is 2.11 bits per heavy atom. The van der Waals surface area contributed by atoms with E-state index in [1.54, 1.807) is 12.1 Å². The van der Waals surface area contributed by atoms with Gasteiger partial charge in [-0.15, -0.1) is 0 Å². The predicted octanol–water partition coefficient (Wildman–Crippen LogP) is 2.14. The largest absolute Gasteiger partial charge is 0.478 e. The zero-order valence-electron chi connectivity index (χ0n) is 10.9. The van der Waals surface area contributed by atoms with Gasteiger partial charge in [0.2, 0.25) is 0 Å². The van der Waals surface area contributed by atoms with Gasteiger partial charge in [-0.05, 0) is 37.0 Å². The number of fused-ring (bicyclic) bond motifs is 1. The van der Waals surface area contributed by atoms with Gasteiger partial charge in [0.15, 0.2) is 0 Å². The Morgan fingerprint density at radius 3 is 2.84 bits per heavy atom. The van der Waals surface area contributed by atoms with Crippen molar-refractivity contribution in [2.75, 3.05) is 13.2 Å². The molecule has 1 aromatic carbocycles. The first-order chi connectivity index (χ1) is 9.24. The van der Waals surface area contributed by atoms with Crippen LogP contribution in [0.25, 0.3) is 0 Å². The van der Waals surface area contributed by atoms with Crippen LogP contribution >= 0.6 is 0 Å². The van der Waals surface area contributed by atoms with E-state index in [4.69, 9.17) is 9.84 Å². The van der Waals surface area contributed by atoms with E-state index in [1.807, 2.05) is 12.1 Å². The highest BCUT2D eigenvalue weighted by atomic mass is 16.5. The Morgan fingerprint density at radius 1 is 1.32 bits per heavy atom. The van der Waals surface area contributed by atoms with Crippen molar-refractivity contribution in [3.8, 4) is 0 Å². The number of hydrogen-bond acceptors (Lipinski definition) is 3. The summed E-state index contributed by atoms with van der Waals surface area (Å²) in [5.41, 5.74) is 1.53. The highest BCUT2D eigenvalue weighted by Gasteiger charge is 2.35. The number of benzene rings is 1. The average Bonchev–Trinajstić information content (AvgIpc) is 2.89. The third kappa shape index (κ3) is 2.65. The molecule has 2 atom stereocenters. The third-order valence-corrected chi connectivity index (χ3v) is 4.18. The Kier molecular flexibility index (Phi) is 3.53. The van der Waals surface area contributed by atoms with Gasteiger partial charge in [-0.25, -0.2) is 4.79 Å². The number of ether oxygens (including phenoxy) is 1. The molecule has 4 nitrogen and oxygen atoms in total. The maximum atomic E-state index is 10.8. The number of aromatic carboxylic acids is 1. The van der Waals surface area contributed by atoms with Gasteiger partial charge in [0.05, 0.1) is 18.3 Å². The SMILES string of the molecule is O=C(O)c1ccc(CN2CCOC3CCCC32)cc1. The van der Waals surface area contributed by atoms with E-state index in [0.29, 0.717) is 17.7 Å². The van der Waals surface area contributed by atoms with Crippen molar-refractivity contribution < 1.29 is 14.6 Å². The molecule has 1 aliphatic carbocycles. The summed E-state index contributed by atoms with van der Waals surface area (Å²) in [5, 5.41) is 8.89. The van der Waals surface area contributed by atoms with Gasteiger partial charge in [0.1, 0.15) is 0 Å². The van der Waals surface area contributed by atoms with E-state index in [-0.39, 0.29) is 0 Å². The van der Waals surface area contributed by atoms with Crippen LogP contribution in [-0.4, -0.2) is 41.3 Å². The van der Waals surface area contributed by atoms with Crippen molar-refractivity contribution in [1.82, 2.24) is 4.90 Å². The summed E-state index contributed by atoms with van der Waals surface area (Å²) in [7, 11) is 0. The minimum absolute atomic E-state index is 0.351. The number of rotatable bonds is 3. The number of carbonyl (C=O) groups is 1. The Labute approximate surface area is 113 Å². The number of carboxylic acids is 1. The van der Waals surface area contributed by atoms with Crippen LogP contribution in [0.5, 0.6) is 0 Å². The standard InChI is InChI=1S/C15H19NO3/c17-15(18)12-6-4-11(5-7-12)10-16-8-9-19-14-3-1-2-13(14)16/h4-7,13-14H,1-3,8-10H2,(H,17,18). The molecular formula is C15H19NO3. The van der Waals surface area contributed by atoms with Crippen LogP contribution in [0.4, 0.5) is 0 Å². The second-order valence-electron chi connectivity index (χ2n) is 5.38. The summed E-state index contributed by atoms with van der Waals surface area (Å²) < 4.78 is 5.80. The molecule has 0 aromatic heterocycles. The van der Waals surface area contributed by atoms with Crippen LogP contribution in [-0.2, 0) is 11.3 Å². The fraction of sp³-hybridized carbons (Fsp3) is 0.533. The van der Waals surface area contributed by atoms with E-state index >= 15 is 0 Å². The van der Waals surface area contributed by atoms with E-state index in [0.717, 1.165) is 19.7 Å². The number of nitrogens with zero attached hydrogens (tertiary/aromatic N) is 1. The van der Waals surface area contributed by atoms with E-state index in [9.17, 15) is 4.79 Å². The summed E-state index contributed by atoms with van der Waals surface area (Å²) in [6, 6.07) is 7.76. The van der Waals surface area contributed by atoms with Crippen molar-refractivity contribution in [2.45, 2.75) is 38.0 Å². The second kappa shape index (κ2) is 5.31. The number of carboxylic acid groups (broad SMARTS) is 1. The normalized spacial score (nSPS) is 27.2. The second-order valence-corrected chi connectivity index (χ2v) is 5.38. The smallest absolute Gasteiger partial charge is 0.335 e. The lowest BCUT2D eigenvalue weighted by atomic mass is 10.1. The van der Waals surface area contributed by atoms with Crippen LogP contribution in [0.3, 0.4) is 0 Å². The summed E-state index contributed by atoms with van der Waals surface area (Å²) in [5.74, 6) is -0.867. The fourth-order valence-corrected chi connectivity index (χ4v) is 3.19. The molecule has 2 unspecified atom stereocenters. The van der Waals surface area contributed by atoms with Gasteiger partial charge in [0, 0.05) is 19.1 Å². The van der Waals surface area contributed by atoms with E-state index in [1.165, 1.54) is 24.8 Å². The highest BCUT2D eigenvalue weighted by Crippen LogP contribution is 2.30. The van der Waals surface area contributed by atoms with Gasteiger partial charge >= 0.3 is 5.97 Å². The molecule has 1 N–H and O–H groups in total. The molecule has 0 radical (unpaired) electrons. The molecule has 1 saturated heterocycles. The molecular weight excluding hydrogens is 242 g/mol. The molecule has 2 aliphatic rings. The van der Waals surface area contributed by atoms with Crippen LogP contribution in [0.2, 0.25) is 0 Å². The topological polar surface area (TPSA) is 49.8 Å². The van der Waals surface area contributed by atoms with E-state index in [2.05, 4.69) is 4.90 Å². The summed E-state index contributed by atoms with van der Waals surface area (Å²) in [6.45, 7) is 2.68. The maximum absolute atomic E-state index is 10.8. The van der Waals surface area contributed by atoms with Gasteiger partial charge < -0.3 is 9.84 Å². The van der Waals surface area contributed by atoms with Gasteiger partial charge in [-0.1, -0.05) is 12.1 Å². The van der Waals surface area contributed by atoms with Crippen LogP contribution in [0, 0.1) is 0 Å². The van der Waals surface area contributed by atoms with Gasteiger partial charge in [0.25, 0.3) is 0 Å². The van der Waals surface area contributed by atoms with E-state index < -0.39 is 5.97 Å². The lowest BCUT2D eigenvalue weighted by Crippen LogP contribution is -2.47. The van der Waals surface area contributed by atoms with Crippen molar-refractivity contribution in [3.05, 3.63) is 35.4 Å². The third-order valence-electron chi connectivity index (χ3n) is 4.18. The fourth-order valence-electron chi connectivity index (χ4n) is 3.19. The molecule has 2 fully saturated rings. The lowest BCUT2D eigenvalue weighted by molar-refractivity contribution is -0.0588. The molecule has 1 aromatic rings. The first kappa shape index (κ1) is 12.6. The summed E-state index contributed by atoms with van der Waals surface area (Å²) in [6.07, 6.45) is 4.06. The van der Waals surface area contributed by atoms with Crippen LogP contribution in [0.15, 0.2) is 24.3 Å². The Balaban J connectivity index is 1.68. The molecule has 0 spiro atoms. The first-order valence-electron chi connectivity index (χ1n) is 6.92. The minimum Gasteiger partial charge on any atom is -0.478 e. The average molecular weight is 261 g/mol. The molecule has 1 saturated carbocycles. The quantitative estimate of drug-likeness (QED) is 0.905. The zero-order valence-corrected chi connectivity index (χ0v) is 10.9. The molecule has 19 heavy (non-hydrogen) atoms. The number of morpholine rings is 1. The predicted molar refractivity (Wildman–Crippen MR) is 71.2 cm³/mol. The minimum atomic E-state index is -0.867. The lowest BCUT2D eigenvalue weighted by Gasteiger charge is -2.37. The van der Waals surface area contributed by atoms with Crippen molar-refractivity contribution >= 4 is 5.97 Å². The Hall–Kier alpha value is -1.39. The molecule has 0 bridgehead atoms. The molecule has 1 heterocycles. The molecule has 102 valence electrons. The van der Waals surface area contributed by atoms with Crippen molar-refractivity contribution in [2.24, 2.45) is 0 Å². The van der Waals surface area contributed by atoms with Crippen molar-refractivity contribution in [3.63, 3.8) is 0 Å². The monoisotopic (exact) mass is 261 g/mol. The summed E-state index contributed by atoms with van der Waals surface area (Å²) in [4.78, 5) is 13.3. The van der Waals surface area contributed by atoms with Crippen LogP contribution in [0.1, 0.15) is 35.2 Å². The molecule has 4 heteroatoms. The number of hydrogen-bond donors (Lipinski definition) is 1. The maximum Gasteiger partial charge on any atom is 0.335 e. The van der Waals surface area contributed by atoms with Gasteiger partial charge in [-0.2, -0.15) is 0 Å². The first-order valence-corrected chi connectivity index (χ1v) is 6.92. The molecule has 3 rings (SSSR count). The Bertz CT molecular complexity index is 457. The van der Waals surface area contributed by atoms with Crippen molar-refractivity contribution in [1.29, 1.82) is 0 Å².